The molecular formula is C24H19ClN2O2. The van der Waals surface area contributed by atoms with Crippen LogP contribution in [0.15, 0.2) is 78.4 Å². The summed E-state index contributed by atoms with van der Waals surface area (Å²) in [4.78, 5) is 12.5. The molecule has 5 heteroatoms. The number of amides is 1. The summed E-state index contributed by atoms with van der Waals surface area (Å²) >= 11 is 6.31. The largest absolute Gasteiger partial charge is 0.487 e. The number of nitrogens with zero attached hydrogens (tertiary/aromatic N) is 1. The molecule has 29 heavy (non-hydrogen) atoms. The number of anilines is 1. The first-order valence-corrected chi connectivity index (χ1v) is 9.39. The Bertz CT molecular complexity index is 1090. The lowest BCUT2D eigenvalue weighted by Crippen LogP contribution is -2.14. The first-order valence-electron chi connectivity index (χ1n) is 9.02. The zero-order valence-corrected chi connectivity index (χ0v) is 16.6. The number of para-hydroxylation sites is 1. The van der Waals surface area contributed by atoms with Gasteiger partial charge in [-0.2, -0.15) is 5.26 Å². The van der Waals surface area contributed by atoms with E-state index < -0.39 is 5.91 Å². The monoisotopic (exact) mass is 402 g/mol. The van der Waals surface area contributed by atoms with Gasteiger partial charge in [0.05, 0.1) is 5.02 Å². The molecular weight excluding hydrogens is 384 g/mol. The molecule has 1 N–H and O–H groups in total. The Labute approximate surface area is 175 Å². The molecule has 3 rings (SSSR count). The van der Waals surface area contributed by atoms with Crippen LogP contribution in [0.3, 0.4) is 0 Å². The van der Waals surface area contributed by atoms with Crippen molar-refractivity contribution in [2.45, 2.75) is 13.5 Å². The zero-order chi connectivity index (χ0) is 20.6. The van der Waals surface area contributed by atoms with Crippen LogP contribution < -0.4 is 10.1 Å². The van der Waals surface area contributed by atoms with Crippen LogP contribution in [0.2, 0.25) is 5.02 Å². The van der Waals surface area contributed by atoms with E-state index in [1.54, 1.807) is 24.3 Å². The second-order valence-corrected chi connectivity index (χ2v) is 6.81. The van der Waals surface area contributed by atoms with Gasteiger partial charge < -0.3 is 10.1 Å². The molecule has 1 amide bonds. The number of carbonyl (C=O) groups is 1. The topological polar surface area (TPSA) is 62.1 Å². The summed E-state index contributed by atoms with van der Waals surface area (Å²) in [6.45, 7) is 2.29. The Hall–Kier alpha value is -3.55. The summed E-state index contributed by atoms with van der Waals surface area (Å²) in [6, 6.07) is 24.3. The van der Waals surface area contributed by atoms with Gasteiger partial charge in [-0.1, -0.05) is 66.2 Å². The first kappa shape index (κ1) is 20.2. The van der Waals surface area contributed by atoms with Crippen molar-refractivity contribution in [3.8, 4) is 11.8 Å². The molecule has 3 aromatic carbocycles. The van der Waals surface area contributed by atoms with E-state index in [-0.39, 0.29) is 5.57 Å². The van der Waals surface area contributed by atoms with E-state index in [0.717, 1.165) is 11.1 Å². The maximum atomic E-state index is 12.5. The standard InChI is InChI=1S/C24H19ClN2O2/c1-17-7-5-6-10-22(17)27-24(28)20(15-26)13-19-11-12-23(21(25)14-19)29-16-18-8-3-2-4-9-18/h2-14H,16H2,1H3,(H,27,28)/b20-13+. The fraction of sp³-hybridized carbons (Fsp3) is 0.0833. The molecule has 0 aliphatic heterocycles. The summed E-state index contributed by atoms with van der Waals surface area (Å²) in [5.41, 5.74) is 3.25. The van der Waals surface area contributed by atoms with Gasteiger partial charge in [0, 0.05) is 5.69 Å². The summed E-state index contributed by atoms with van der Waals surface area (Å²) in [6.07, 6.45) is 1.50. The number of rotatable bonds is 6. The molecule has 0 fully saturated rings. The molecule has 0 aliphatic carbocycles. The van der Waals surface area contributed by atoms with Gasteiger partial charge in [0.1, 0.15) is 24.0 Å². The van der Waals surface area contributed by atoms with E-state index in [0.29, 0.717) is 28.6 Å². The fourth-order valence-corrected chi connectivity index (χ4v) is 2.92. The van der Waals surface area contributed by atoms with E-state index in [4.69, 9.17) is 16.3 Å². The number of hydrogen-bond acceptors (Lipinski definition) is 3. The van der Waals surface area contributed by atoms with Crippen molar-refractivity contribution in [3.63, 3.8) is 0 Å². The van der Waals surface area contributed by atoms with Crippen LogP contribution >= 0.6 is 11.6 Å². The molecule has 3 aromatic rings. The molecule has 0 aliphatic rings. The molecule has 0 saturated heterocycles. The highest BCUT2D eigenvalue weighted by atomic mass is 35.5. The third kappa shape index (κ3) is 5.47. The van der Waals surface area contributed by atoms with Gasteiger partial charge in [0.25, 0.3) is 5.91 Å². The summed E-state index contributed by atoms with van der Waals surface area (Å²) < 4.78 is 5.75. The smallest absolute Gasteiger partial charge is 0.266 e. The Morgan fingerprint density at radius 1 is 1.10 bits per heavy atom. The lowest BCUT2D eigenvalue weighted by molar-refractivity contribution is -0.112. The third-order valence-corrected chi connectivity index (χ3v) is 4.56. The first-order chi connectivity index (χ1) is 14.1. The number of nitriles is 1. The SMILES string of the molecule is Cc1ccccc1NC(=O)/C(C#N)=C/c1ccc(OCc2ccccc2)c(Cl)c1. The molecule has 0 atom stereocenters. The minimum atomic E-state index is -0.470. The fourth-order valence-electron chi connectivity index (χ4n) is 2.68. The molecule has 0 bridgehead atoms. The average molecular weight is 403 g/mol. The number of benzene rings is 3. The van der Waals surface area contributed by atoms with Crippen molar-refractivity contribution in [1.82, 2.24) is 0 Å². The van der Waals surface area contributed by atoms with Gasteiger partial charge in [-0.25, -0.2) is 0 Å². The predicted molar refractivity (Wildman–Crippen MR) is 116 cm³/mol. The van der Waals surface area contributed by atoms with Crippen molar-refractivity contribution in [1.29, 1.82) is 5.26 Å². The number of hydrogen-bond donors (Lipinski definition) is 1. The Morgan fingerprint density at radius 2 is 1.83 bits per heavy atom. The Morgan fingerprint density at radius 3 is 2.52 bits per heavy atom. The second kappa shape index (κ2) is 9.59. The Balaban J connectivity index is 1.72. The minimum Gasteiger partial charge on any atom is -0.487 e. The van der Waals surface area contributed by atoms with Crippen LogP contribution in [0.1, 0.15) is 16.7 Å². The van der Waals surface area contributed by atoms with Crippen molar-refractivity contribution in [2.75, 3.05) is 5.32 Å². The molecule has 0 aromatic heterocycles. The Kier molecular flexibility index (Phi) is 6.67. The van der Waals surface area contributed by atoms with Gasteiger partial charge in [-0.05, 0) is 47.9 Å². The van der Waals surface area contributed by atoms with Gasteiger partial charge in [0.15, 0.2) is 0 Å². The van der Waals surface area contributed by atoms with Crippen molar-refractivity contribution in [2.24, 2.45) is 0 Å². The predicted octanol–water partition coefficient (Wildman–Crippen LogP) is 5.77. The lowest BCUT2D eigenvalue weighted by Gasteiger charge is -2.09. The van der Waals surface area contributed by atoms with Crippen LogP contribution in [0.4, 0.5) is 5.69 Å². The lowest BCUT2D eigenvalue weighted by atomic mass is 10.1. The van der Waals surface area contributed by atoms with Gasteiger partial charge >= 0.3 is 0 Å². The van der Waals surface area contributed by atoms with E-state index in [2.05, 4.69) is 5.32 Å². The van der Waals surface area contributed by atoms with E-state index in [1.807, 2.05) is 61.5 Å². The van der Waals surface area contributed by atoms with Crippen LogP contribution in [0.25, 0.3) is 6.08 Å². The molecule has 0 spiro atoms. The highest BCUT2D eigenvalue weighted by Gasteiger charge is 2.11. The third-order valence-electron chi connectivity index (χ3n) is 4.26. The van der Waals surface area contributed by atoms with Gasteiger partial charge in [0.2, 0.25) is 0 Å². The summed E-state index contributed by atoms with van der Waals surface area (Å²) in [5, 5.41) is 12.6. The van der Waals surface area contributed by atoms with E-state index in [9.17, 15) is 10.1 Å². The maximum absolute atomic E-state index is 12.5. The van der Waals surface area contributed by atoms with Crippen molar-refractivity contribution < 1.29 is 9.53 Å². The number of halogens is 1. The van der Waals surface area contributed by atoms with Crippen LogP contribution in [0, 0.1) is 18.3 Å². The maximum Gasteiger partial charge on any atom is 0.266 e. The normalized spacial score (nSPS) is 10.9. The van der Waals surface area contributed by atoms with Crippen molar-refractivity contribution in [3.05, 3.63) is 100 Å². The average Bonchev–Trinajstić information content (AvgIpc) is 2.73. The van der Waals surface area contributed by atoms with Crippen LogP contribution in [0.5, 0.6) is 5.75 Å². The van der Waals surface area contributed by atoms with E-state index >= 15 is 0 Å². The van der Waals surface area contributed by atoms with Crippen LogP contribution in [-0.4, -0.2) is 5.91 Å². The molecule has 0 saturated carbocycles. The molecule has 4 nitrogen and oxygen atoms in total. The van der Waals surface area contributed by atoms with Crippen molar-refractivity contribution >= 4 is 29.3 Å². The van der Waals surface area contributed by atoms with Gasteiger partial charge in [-0.3, -0.25) is 4.79 Å². The molecule has 0 unspecified atom stereocenters. The molecule has 144 valence electrons. The number of ether oxygens (including phenoxy) is 1. The summed E-state index contributed by atoms with van der Waals surface area (Å²) in [7, 11) is 0. The number of carbonyl (C=O) groups excluding carboxylic acids is 1. The number of aryl methyl sites for hydroxylation is 1. The second-order valence-electron chi connectivity index (χ2n) is 6.40. The zero-order valence-electron chi connectivity index (χ0n) is 15.9. The van der Waals surface area contributed by atoms with E-state index in [1.165, 1.54) is 6.08 Å². The molecule has 0 heterocycles. The highest BCUT2D eigenvalue weighted by molar-refractivity contribution is 6.32. The number of nitrogens with one attached hydrogen (secondary N) is 1. The summed E-state index contributed by atoms with van der Waals surface area (Å²) in [5.74, 6) is 0.0675. The quantitative estimate of drug-likeness (QED) is 0.420. The minimum absolute atomic E-state index is 0.0118. The van der Waals surface area contributed by atoms with Crippen LogP contribution in [-0.2, 0) is 11.4 Å². The molecule has 0 radical (unpaired) electrons. The van der Waals surface area contributed by atoms with Gasteiger partial charge in [-0.15, -0.1) is 0 Å². The highest BCUT2D eigenvalue weighted by Crippen LogP contribution is 2.27.